The number of fused-ring (bicyclic) bond motifs is 1. The van der Waals surface area contributed by atoms with E-state index in [4.69, 9.17) is 4.74 Å². The van der Waals surface area contributed by atoms with Gasteiger partial charge in [0.1, 0.15) is 0 Å². The lowest BCUT2D eigenvalue weighted by atomic mass is 10.0. The number of carbonyl (C=O) groups excluding carboxylic acids is 3. The van der Waals surface area contributed by atoms with Gasteiger partial charge in [-0.1, -0.05) is 24.3 Å². The summed E-state index contributed by atoms with van der Waals surface area (Å²) in [5.74, 6) is -1.12. The van der Waals surface area contributed by atoms with Crippen molar-refractivity contribution < 1.29 is 19.1 Å². The minimum absolute atomic E-state index is 0.174. The Morgan fingerprint density at radius 1 is 0.964 bits per heavy atom. The highest BCUT2D eigenvalue weighted by Gasteiger charge is 2.24. The van der Waals surface area contributed by atoms with Crippen LogP contribution in [-0.4, -0.2) is 35.7 Å². The van der Waals surface area contributed by atoms with Gasteiger partial charge in [-0.15, -0.1) is 22.7 Å². The summed E-state index contributed by atoms with van der Waals surface area (Å²) >= 11 is 3.02. The van der Waals surface area contributed by atoms with Crippen LogP contribution in [0.3, 0.4) is 0 Å². The van der Waals surface area contributed by atoms with Crippen LogP contribution in [0.2, 0.25) is 0 Å². The maximum absolute atomic E-state index is 12.6. The number of rotatable bonds is 5. The Hall–Kier alpha value is -2.77. The quantitative estimate of drug-likeness (QED) is 0.473. The van der Waals surface area contributed by atoms with Gasteiger partial charge in [0.2, 0.25) is 5.78 Å². The molecule has 1 amide bonds. The summed E-state index contributed by atoms with van der Waals surface area (Å²) in [6.45, 7) is 0.833. The predicted molar refractivity (Wildman–Crippen MR) is 108 cm³/mol. The van der Waals surface area contributed by atoms with E-state index in [-0.39, 0.29) is 29.4 Å². The van der Waals surface area contributed by atoms with E-state index < -0.39 is 5.97 Å². The summed E-state index contributed by atoms with van der Waals surface area (Å²) in [5, 5.41) is 3.84. The first-order valence-corrected chi connectivity index (χ1v) is 10.6. The normalized spacial score (nSPS) is 13.1. The van der Waals surface area contributed by atoms with Gasteiger partial charge in [0.15, 0.2) is 6.61 Å². The number of hydrogen-bond acceptors (Lipinski definition) is 6. The molecule has 3 heterocycles. The summed E-state index contributed by atoms with van der Waals surface area (Å²) in [5.41, 5.74) is 1.61. The summed E-state index contributed by atoms with van der Waals surface area (Å²) in [4.78, 5) is 41.2. The van der Waals surface area contributed by atoms with Gasteiger partial charge in [0, 0.05) is 23.5 Å². The molecule has 4 rings (SSSR count). The van der Waals surface area contributed by atoms with E-state index in [1.54, 1.807) is 52.6 Å². The van der Waals surface area contributed by atoms with Gasteiger partial charge in [-0.2, -0.15) is 0 Å². The van der Waals surface area contributed by atoms with Crippen LogP contribution in [-0.2, 0) is 22.5 Å². The largest absolute Gasteiger partial charge is 0.452 e. The first kappa shape index (κ1) is 18.6. The molecule has 0 bridgehead atoms. The third-order valence-electron chi connectivity index (χ3n) is 4.62. The second-order valence-electron chi connectivity index (χ2n) is 6.36. The van der Waals surface area contributed by atoms with Crippen LogP contribution in [0.5, 0.6) is 0 Å². The molecule has 5 nitrogen and oxygen atoms in total. The number of hydrogen-bond donors (Lipinski definition) is 0. The van der Waals surface area contributed by atoms with Gasteiger partial charge in [0.05, 0.1) is 10.4 Å². The summed E-state index contributed by atoms with van der Waals surface area (Å²) < 4.78 is 5.24. The minimum atomic E-state index is -0.665. The third-order valence-corrected chi connectivity index (χ3v) is 6.52. The van der Waals surface area contributed by atoms with E-state index in [0.717, 1.165) is 12.0 Å². The standard InChI is InChI=1S/C21H17NO4S2/c23-19(22-9-7-17-14(12-22)8-11-28-17)13-26-21(25)16-5-2-1-4-15(16)20(24)18-6-3-10-27-18/h1-6,8,10-11H,7,9,12-13H2. The van der Waals surface area contributed by atoms with E-state index in [1.807, 2.05) is 16.8 Å². The number of amides is 1. The number of thiophene rings is 2. The molecule has 0 fully saturated rings. The fraction of sp³-hybridized carbons (Fsp3) is 0.190. The monoisotopic (exact) mass is 411 g/mol. The molecular weight excluding hydrogens is 394 g/mol. The Labute approximate surface area is 170 Å². The number of benzene rings is 1. The van der Waals surface area contributed by atoms with Crippen LogP contribution in [0, 0.1) is 0 Å². The zero-order valence-electron chi connectivity index (χ0n) is 14.9. The van der Waals surface area contributed by atoms with Crippen LogP contribution in [0.25, 0.3) is 0 Å². The fourth-order valence-electron chi connectivity index (χ4n) is 3.16. The van der Waals surface area contributed by atoms with Crippen LogP contribution in [0.1, 0.15) is 36.0 Å². The zero-order valence-corrected chi connectivity index (χ0v) is 16.6. The van der Waals surface area contributed by atoms with Gasteiger partial charge in [-0.3, -0.25) is 9.59 Å². The van der Waals surface area contributed by atoms with Crippen LogP contribution in [0.4, 0.5) is 0 Å². The summed E-state index contributed by atoms with van der Waals surface area (Å²) in [6, 6.07) is 12.1. The van der Waals surface area contributed by atoms with Crippen LogP contribution < -0.4 is 0 Å². The predicted octanol–water partition coefficient (Wildman–Crippen LogP) is 3.78. The lowest BCUT2D eigenvalue weighted by molar-refractivity contribution is -0.135. The molecule has 28 heavy (non-hydrogen) atoms. The van der Waals surface area contributed by atoms with Crippen molar-refractivity contribution in [3.8, 4) is 0 Å². The first-order valence-electron chi connectivity index (χ1n) is 8.81. The average Bonchev–Trinajstić information content (AvgIpc) is 3.42. The molecular formula is C21H17NO4S2. The molecule has 0 radical (unpaired) electrons. The van der Waals surface area contributed by atoms with E-state index >= 15 is 0 Å². The number of esters is 1. The molecule has 142 valence electrons. The van der Waals surface area contributed by atoms with Crippen LogP contribution in [0.15, 0.2) is 53.2 Å². The zero-order chi connectivity index (χ0) is 19.5. The van der Waals surface area contributed by atoms with Crippen molar-refractivity contribution in [2.45, 2.75) is 13.0 Å². The van der Waals surface area contributed by atoms with Gasteiger partial charge in [-0.05, 0) is 40.9 Å². The molecule has 0 unspecified atom stereocenters. The Bertz CT molecular complexity index is 1020. The highest BCUT2D eigenvalue weighted by atomic mass is 32.1. The minimum Gasteiger partial charge on any atom is -0.452 e. The van der Waals surface area contributed by atoms with Crippen molar-refractivity contribution in [3.05, 3.63) is 79.7 Å². The van der Waals surface area contributed by atoms with Gasteiger partial charge >= 0.3 is 5.97 Å². The lowest BCUT2D eigenvalue weighted by Crippen LogP contribution is -2.38. The Morgan fingerprint density at radius 2 is 1.79 bits per heavy atom. The molecule has 7 heteroatoms. The first-order chi connectivity index (χ1) is 13.6. The van der Waals surface area contributed by atoms with Crippen LogP contribution >= 0.6 is 22.7 Å². The highest BCUT2D eigenvalue weighted by Crippen LogP contribution is 2.24. The molecule has 0 spiro atoms. The van der Waals surface area contributed by atoms with Crippen molar-refractivity contribution in [3.63, 3.8) is 0 Å². The molecule has 0 saturated heterocycles. The van der Waals surface area contributed by atoms with E-state index in [2.05, 4.69) is 0 Å². The topological polar surface area (TPSA) is 63.7 Å². The lowest BCUT2D eigenvalue weighted by Gasteiger charge is -2.26. The summed E-state index contributed by atoms with van der Waals surface area (Å²) in [6.07, 6.45) is 0.824. The molecule has 0 atom stereocenters. The molecule has 1 aliphatic heterocycles. The number of carbonyl (C=O) groups is 3. The third kappa shape index (κ3) is 3.76. The van der Waals surface area contributed by atoms with Crippen molar-refractivity contribution >= 4 is 40.3 Å². The Balaban J connectivity index is 1.42. The number of nitrogens with zero attached hydrogens (tertiary/aromatic N) is 1. The number of ether oxygens (including phenoxy) is 1. The molecule has 1 aromatic carbocycles. The van der Waals surface area contributed by atoms with E-state index in [1.165, 1.54) is 16.2 Å². The molecule has 3 aromatic rings. The SMILES string of the molecule is O=C(OCC(=O)N1CCc2sccc2C1)c1ccccc1C(=O)c1cccs1. The molecule has 0 N–H and O–H groups in total. The molecule has 2 aromatic heterocycles. The summed E-state index contributed by atoms with van der Waals surface area (Å²) in [7, 11) is 0. The smallest absolute Gasteiger partial charge is 0.339 e. The Kier molecular flexibility index (Phi) is 5.36. The number of ketones is 1. The Morgan fingerprint density at radius 3 is 2.57 bits per heavy atom. The molecule has 0 aliphatic carbocycles. The fourth-order valence-corrected chi connectivity index (χ4v) is 4.72. The van der Waals surface area contributed by atoms with Crippen molar-refractivity contribution in [2.75, 3.05) is 13.2 Å². The van der Waals surface area contributed by atoms with Crippen molar-refractivity contribution in [1.29, 1.82) is 0 Å². The van der Waals surface area contributed by atoms with E-state index in [9.17, 15) is 14.4 Å². The van der Waals surface area contributed by atoms with Crippen molar-refractivity contribution in [2.24, 2.45) is 0 Å². The maximum atomic E-state index is 12.6. The highest BCUT2D eigenvalue weighted by molar-refractivity contribution is 7.12. The second-order valence-corrected chi connectivity index (χ2v) is 8.31. The van der Waals surface area contributed by atoms with Gasteiger partial charge < -0.3 is 9.64 Å². The average molecular weight is 412 g/mol. The van der Waals surface area contributed by atoms with Gasteiger partial charge in [-0.25, -0.2) is 4.79 Å². The van der Waals surface area contributed by atoms with Gasteiger partial charge in [0.25, 0.3) is 5.91 Å². The second kappa shape index (κ2) is 8.08. The molecule has 1 aliphatic rings. The van der Waals surface area contributed by atoms with E-state index in [0.29, 0.717) is 18.0 Å². The molecule has 0 saturated carbocycles. The maximum Gasteiger partial charge on any atom is 0.339 e. The van der Waals surface area contributed by atoms with Crippen molar-refractivity contribution in [1.82, 2.24) is 4.90 Å².